The summed E-state index contributed by atoms with van der Waals surface area (Å²) in [6.45, 7) is 6.89. The van der Waals surface area contributed by atoms with Crippen LogP contribution in [0.25, 0.3) is 0 Å². The van der Waals surface area contributed by atoms with Crippen molar-refractivity contribution >= 4 is 11.8 Å². The molecule has 0 saturated heterocycles. The first kappa shape index (κ1) is 21.1. The normalized spacial score (nSPS) is 43.4. The van der Waals surface area contributed by atoms with Crippen molar-refractivity contribution in [2.75, 3.05) is 0 Å². The number of carbonyl (C=O) groups excluding carboxylic acids is 2. The Morgan fingerprint density at radius 3 is 2.72 bits per heavy atom. The van der Waals surface area contributed by atoms with Crippen molar-refractivity contribution in [3.8, 4) is 0 Å². The van der Waals surface area contributed by atoms with Gasteiger partial charge in [-0.2, -0.15) is 0 Å². The molecular weight excluding hydrogens is 360 g/mol. The smallest absolute Gasteiger partial charge is 0.306 e. The first-order valence-corrected chi connectivity index (χ1v) is 12.3. The zero-order valence-corrected chi connectivity index (χ0v) is 18.8. The van der Waals surface area contributed by atoms with Crippen molar-refractivity contribution in [1.82, 2.24) is 0 Å². The lowest BCUT2D eigenvalue weighted by molar-refractivity contribution is -0.150. The van der Waals surface area contributed by atoms with Crippen molar-refractivity contribution in [3.05, 3.63) is 12.2 Å². The molecule has 7 atom stereocenters. The predicted molar refractivity (Wildman–Crippen MR) is 115 cm³/mol. The van der Waals surface area contributed by atoms with Crippen molar-refractivity contribution in [3.63, 3.8) is 0 Å². The van der Waals surface area contributed by atoms with Gasteiger partial charge in [-0.15, -0.1) is 0 Å². The van der Waals surface area contributed by atoms with E-state index in [-0.39, 0.29) is 22.9 Å². The lowest BCUT2D eigenvalue weighted by Crippen LogP contribution is -2.52. The molecule has 4 aliphatic rings. The molecule has 0 aromatic heterocycles. The molecule has 3 fully saturated rings. The number of ether oxygens (including phenoxy) is 1. The second-order valence-corrected chi connectivity index (χ2v) is 10.9. The van der Waals surface area contributed by atoms with E-state index in [1.54, 1.807) is 0 Å². The van der Waals surface area contributed by atoms with Crippen LogP contribution in [0.5, 0.6) is 0 Å². The predicted octanol–water partition coefficient (Wildman–Crippen LogP) is 6.26. The molecule has 3 saturated carbocycles. The number of ketones is 1. The van der Waals surface area contributed by atoms with Crippen LogP contribution in [0.1, 0.15) is 97.8 Å². The number of unbranched alkanes of at least 4 members (excludes halogenated alkanes) is 3. The van der Waals surface area contributed by atoms with E-state index in [1.165, 1.54) is 32.1 Å². The van der Waals surface area contributed by atoms with Gasteiger partial charge in [0, 0.05) is 18.3 Å². The average molecular weight is 401 g/mol. The van der Waals surface area contributed by atoms with Gasteiger partial charge in [0.2, 0.25) is 0 Å². The fourth-order valence-electron chi connectivity index (χ4n) is 7.56. The van der Waals surface area contributed by atoms with E-state index in [1.807, 2.05) is 0 Å². The standard InChI is InChI=1S/C26H40O3/c1-4-5-6-7-8-24(28)29-19-13-15-25(2)18(17-19)9-10-20-21-11-12-23(27)26(21,3)16-14-22(20)25/h13,15,18-22H,4-12,14,16-17H2,1-3H3/t18?,19-,20-,21-,22?,25-,26-/m0/s1. The number of esters is 1. The Hall–Kier alpha value is -1.12. The number of fused-ring (bicyclic) bond motifs is 5. The third kappa shape index (κ3) is 3.72. The van der Waals surface area contributed by atoms with E-state index in [0.717, 1.165) is 38.5 Å². The van der Waals surface area contributed by atoms with Gasteiger partial charge in [-0.3, -0.25) is 9.59 Å². The number of hydrogen-bond donors (Lipinski definition) is 0. The van der Waals surface area contributed by atoms with Crippen LogP contribution in [0, 0.1) is 34.5 Å². The van der Waals surface area contributed by atoms with Gasteiger partial charge in [0.05, 0.1) is 0 Å². The zero-order chi connectivity index (χ0) is 20.6. The van der Waals surface area contributed by atoms with Gasteiger partial charge in [-0.05, 0) is 80.1 Å². The molecule has 0 radical (unpaired) electrons. The molecule has 3 nitrogen and oxygen atoms in total. The molecule has 0 aromatic carbocycles. The molecule has 2 unspecified atom stereocenters. The Morgan fingerprint density at radius 1 is 1.10 bits per heavy atom. The topological polar surface area (TPSA) is 43.4 Å². The summed E-state index contributed by atoms with van der Waals surface area (Å²) in [7, 11) is 0. The molecule has 162 valence electrons. The SMILES string of the molecule is CCCCCCC(=O)O[C@H]1C=C[C@@]2(C)C(CC[C@@H]3C2CC[C@]2(C)C(=O)CC[C@@H]32)C1. The van der Waals surface area contributed by atoms with Crippen LogP contribution in [0.4, 0.5) is 0 Å². The van der Waals surface area contributed by atoms with Gasteiger partial charge in [0.25, 0.3) is 0 Å². The minimum Gasteiger partial charge on any atom is -0.458 e. The minimum absolute atomic E-state index is 0.0223. The maximum Gasteiger partial charge on any atom is 0.306 e. The first-order valence-electron chi connectivity index (χ1n) is 12.3. The van der Waals surface area contributed by atoms with E-state index >= 15 is 0 Å². The Morgan fingerprint density at radius 2 is 1.93 bits per heavy atom. The highest BCUT2D eigenvalue weighted by Gasteiger charge is 2.59. The van der Waals surface area contributed by atoms with Crippen LogP contribution >= 0.6 is 0 Å². The molecule has 4 rings (SSSR count). The second kappa shape index (κ2) is 8.19. The third-order valence-electron chi connectivity index (χ3n) is 9.38. The van der Waals surface area contributed by atoms with E-state index < -0.39 is 0 Å². The van der Waals surface area contributed by atoms with Crippen LogP contribution in [0.3, 0.4) is 0 Å². The Kier molecular flexibility index (Phi) is 5.97. The second-order valence-electron chi connectivity index (χ2n) is 10.9. The summed E-state index contributed by atoms with van der Waals surface area (Å²) >= 11 is 0. The molecule has 0 bridgehead atoms. The summed E-state index contributed by atoms with van der Waals surface area (Å²) in [6.07, 6.45) is 17.2. The van der Waals surface area contributed by atoms with E-state index in [0.29, 0.717) is 35.9 Å². The molecule has 0 N–H and O–H groups in total. The number of hydrogen-bond acceptors (Lipinski definition) is 3. The summed E-state index contributed by atoms with van der Waals surface area (Å²) < 4.78 is 5.83. The highest BCUT2D eigenvalue weighted by Crippen LogP contribution is 2.64. The fraction of sp³-hybridized carbons (Fsp3) is 0.846. The van der Waals surface area contributed by atoms with Gasteiger partial charge in [-0.1, -0.05) is 46.1 Å². The van der Waals surface area contributed by atoms with Gasteiger partial charge in [0.1, 0.15) is 11.9 Å². The number of allylic oxidation sites excluding steroid dienone is 1. The molecule has 3 heteroatoms. The van der Waals surface area contributed by atoms with E-state index in [9.17, 15) is 9.59 Å². The quantitative estimate of drug-likeness (QED) is 0.300. The lowest BCUT2D eigenvalue weighted by Gasteiger charge is -2.58. The van der Waals surface area contributed by atoms with Crippen molar-refractivity contribution in [2.45, 2.75) is 104 Å². The summed E-state index contributed by atoms with van der Waals surface area (Å²) in [5.74, 6) is 3.09. The highest BCUT2D eigenvalue weighted by molar-refractivity contribution is 5.87. The molecule has 0 aliphatic heterocycles. The molecule has 0 aromatic rings. The zero-order valence-electron chi connectivity index (χ0n) is 18.8. The van der Waals surface area contributed by atoms with Gasteiger partial charge < -0.3 is 4.74 Å². The third-order valence-corrected chi connectivity index (χ3v) is 9.38. The number of Topliss-reactive ketones (excluding diaryl/α,β-unsaturated/α-hetero) is 1. The monoisotopic (exact) mass is 400 g/mol. The maximum absolute atomic E-state index is 12.6. The van der Waals surface area contributed by atoms with Crippen LogP contribution < -0.4 is 0 Å². The van der Waals surface area contributed by atoms with Gasteiger partial charge >= 0.3 is 5.97 Å². The maximum atomic E-state index is 12.6. The van der Waals surface area contributed by atoms with Crippen LogP contribution in [0.2, 0.25) is 0 Å². The molecular formula is C26H40O3. The number of rotatable bonds is 6. The summed E-state index contributed by atoms with van der Waals surface area (Å²) in [6, 6.07) is 0. The summed E-state index contributed by atoms with van der Waals surface area (Å²) in [4.78, 5) is 24.8. The van der Waals surface area contributed by atoms with Crippen molar-refractivity contribution in [2.24, 2.45) is 34.5 Å². The fourth-order valence-corrected chi connectivity index (χ4v) is 7.56. The van der Waals surface area contributed by atoms with Crippen LogP contribution in [-0.2, 0) is 14.3 Å². The summed E-state index contributed by atoms with van der Waals surface area (Å²) in [5.41, 5.74) is 0.165. The Labute approximate surface area is 177 Å². The van der Waals surface area contributed by atoms with Gasteiger partial charge in [0.15, 0.2) is 0 Å². The lowest BCUT2D eigenvalue weighted by atomic mass is 9.46. The molecule has 0 heterocycles. The van der Waals surface area contributed by atoms with Crippen molar-refractivity contribution in [1.29, 1.82) is 0 Å². The molecule has 4 aliphatic carbocycles. The summed E-state index contributed by atoms with van der Waals surface area (Å²) in [5, 5.41) is 0. The number of carbonyl (C=O) groups is 2. The van der Waals surface area contributed by atoms with Crippen LogP contribution in [0.15, 0.2) is 12.2 Å². The van der Waals surface area contributed by atoms with E-state index in [2.05, 4.69) is 32.9 Å². The van der Waals surface area contributed by atoms with E-state index in [4.69, 9.17) is 4.74 Å². The largest absolute Gasteiger partial charge is 0.458 e. The van der Waals surface area contributed by atoms with Gasteiger partial charge in [-0.25, -0.2) is 0 Å². The first-order chi connectivity index (χ1) is 13.9. The molecule has 29 heavy (non-hydrogen) atoms. The van der Waals surface area contributed by atoms with Crippen molar-refractivity contribution < 1.29 is 14.3 Å². The molecule has 0 amide bonds. The minimum atomic E-state index is -0.0431. The Balaban J connectivity index is 1.40. The van der Waals surface area contributed by atoms with Crippen LogP contribution in [-0.4, -0.2) is 17.9 Å². The average Bonchev–Trinajstić information content (AvgIpc) is 3.00. The molecule has 0 spiro atoms. The Bertz CT molecular complexity index is 667. The highest BCUT2D eigenvalue weighted by atomic mass is 16.5.